The maximum Gasteiger partial charge on any atom is 0.311 e. The number of benzene rings is 1. The van der Waals surface area contributed by atoms with Gasteiger partial charge in [0.15, 0.2) is 0 Å². The Morgan fingerprint density at radius 2 is 1.76 bits per heavy atom. The molecule has 0 saturated carbocycles. The van der Waals surface area contributed by atoms with E-state index in [1.165, 1.54) is 26.2 Å². The van der Waals surface area contributed by atoms with Gasteiger partial charge in [0.2, 0.25) is 15.9 Å². The van der Waals surface area contributed by atoms with Crippen LogP contribution in [0.15, 0.2) is 33.6 Å². The summed E-state index contributed by atoms with van der Waals surface area (Å²) in [6.45, 7) is 1.92. The molecular formula is C15H18N4O5S. The molecule has 1 amide bonds. The minimum absolute atomic E-state index is 0.0955. The molecule has 1 fully saturated rings. The molecule has 1 aliphatic heterocycles. The van der Waals surface area contributed by atoms with E-state index in [1.54, 1.807) is 17.0 Å². The molecule has 10 heteroatoms. The summed E-state index contributed by atoms with van der Waals surface area (Å²) in [5, 5.41) is 7.67. The number of rotatable bonds is 4. The molecule has 3 rings (SSSR count). The fourth-order valence-corrected chi connectivity index (χ4v) is 3.21. The number of aromatic nitrogens is 2. The van der Waals surface area contributed by atoms with E-state index in [1.807, 2.05) is 0 Å². The summed E-state index contributed by atoms with van der Waals surface area (Å²) < 4.78 is 35.9. The summed E-state index contributed by atoms with van der Waals surface area (Å²) >= 11 is 0. The molecular weight excluding hydrogens is 348 g/mol. The summed E-state index contributed by atoms with van der Waals surface area (Å²) in [4.78, 5) is 14.0. The summed E-state index contributed by atoms with van der Waals surface area (Å²) in [7, 11) is -0.578. The maximum atomic E-state index is 12.3. The maximum absolute atomic E-state index is 12.3. The second-order valence-electron chi connectivity index (χ2n) is 5.63. The van der Waals surface area contributed by atoms with Crippen LogP contribution in [0.5, 0.6) is 0 Å². The van der Waals surface area contributed by atoms with E-state index in [4.69, 9.17) is 9.15 Å². The van der Waals surface area contributed by atoms with Gasteiger partial charge in [0.1, 0.15) is 0 Å². The number of sulfonamides is 1. The van der Waals surface area contributed by atoms with Gasteiger partial charge < -0.3 is 14.1 Å². The Labute approximate surface area is 145 Å². The van der Waals surface area contributed by atoms with Gasteiger partial charge in [-0.25, -0.2) is 12.7 Å². The molecule has 0 bridgehead atoms. The topological polar surface area (TPSA) is 106 Å². The molecule has 2 aromatic rings. The van der Waals surface area contributed by atoms with Crippen LogP contribution < -0.4 is 0 Å². The summed E-state index contributed by atoms with van der Waals surface area (Å²) in [5.74, 6) is -0.277. The van der Waals surface area contributed by atoms with Gasteiger partial charge in [-0.2, -0.15) is 0 Å². The van der Waals surface area contributed by atoms with Crippen molar-refractivity contribution in [3.63, 3.8) is 0 Å². The van der Waals surface area contributed by atoms with E-state index in [9.17, 15) is 13.2 Å². The summed E-state index contributed by atoms with van der Waals surface area (Å²) in [5.41, 5.74) is 0.534. The van der Waals surface area contributed by atoms with E-state index < -0.39 is 10.0 Å². The minimum atomic E-state index is -3.50. The molecule has 9 nitrogen and oxygen atoms in total. The molecule has 1 aliphatic rings. The summed E-state index contributed by atoms with van der Waals surface area (Å²) in [6, 6.07) is 6.04. The average Bonchev–Trinajstić information content (AvgIpc) is 3.12. The van der Waals surface area contributed by atoms with Crippen molar-refractivity contribution < 1.29 is 22.4 Å². The molecule has 134 valence electrons. The van der Waals surface area contributed by atoms with Crippen LogP contribution in [0.3, 0.4) is 0 Å². The number of hydrogen-bond acceptors (Lipinski definition) is 7. The lowest BCUT2D eigenvalue weighted by Gasteiger charge is -2.25. The first-order chi connectivity index (χ1) is 11.9. The molecule has 0 unspecified atom stereocenters. The van der Waals surface area contributed by atoms with Crippen molar-refractivity contribution >= 4 is 15.9 Å². The van der Waals surface area contributed by atoms with Gasteiger partial charge in [-0.15, -0.1) is 10.2 Å². The molecule has 1 aromatic heterocycles. The van der Waals surface area contributed by atoms with Crippen LogP contribution in [0.2, 0.25) is 0 Å². The fraction of sp³-hybridized carbons (Fsp3) is 0.400. The fourth-order valence-electron chi connectivity index (χ4n) is 2.31. The zero-order valence-corrected chi connectivity index (χ0v) is 14.7. The van der Waals surface area contributed by atoms with Crippen LogP contribution in [0.1, 0.15) is 10.7 Å². The van der Waals surface area contributed by atoms with Crippen molar-refractivity contribution in [1.29, 1.82) is 0 Å². The molecule has 0 atom stereocenters. The first-order valence-corrected chi connectivity index (χ1v) is 9.07. The summed E-state index contributed by atoms with van der Waals surface area (Å²) in [6.07, 6.45) is 0. The number of ether oxygens (including phenoxy) is 1. The molecule has 2 heterocycles. The largest absolute Gasteiger partial charge is 0.412 e. The van der Waals surface area contributed by atoms with E-state index >= 15 is 0 Å². The predicted octanol–water partition coefficient (Wildman–Crippen LogP) is 0.459. The first kappa shape index (κ1) is 17.5. The molecule has 0 N–H and O–H groups in total. The Bertz CT molecular complexity index is 854. The SMILES string of the molecule is CN(C)S(=O)(=O)c1ccc(-c2nnc(C(=O)N3CCOCC3)o2)cc1. The molecule has 0 radical (unpaired) electrons. The number of nitrogens with zero attached hydrogens (tertiary/aromatic N) is 4. The standard InChI is InChI=1S/C15H18N4O5S/c1-18(2)25(21,22)12-5-3-11(4-6-12)13-16-17-14(24-13)15(20)19-7-9-23-10-8-19/h3-6H,7-10H2,1-2H3. The molecule has 1 saturated heterocycles. The first-order valence-electron chi connectivity index (χ1n) is 7.63. The highest BCUT2D eigenvalue weighted by atomic mass is 32.2. The van der Waals surface area contributed by atoms with Crippen LogP contribution in [0.25, 0.3) is 11.5 Å². The second kappa shape index (κ2) is 6.90. The molecule has 25 heavy (non-hydrogen) atoms. The lowest BCUT2D eigenvalue weighted by Crippen LogP contribution is -2.40. The third-order valence-electron chi connectivity index (χ3n) is 3.79. The lowest BCUT2D eigenvalue weighted by molar-refractivity contribution is 0.0278. The van der Waals surface area contributed by atoms with Crippen LogP contribution in [0.4, 0.5) is 0 Å². The van der Waals surface area contributed by atoms with Crippen LogP contribution in [0, 0.1) is 0 Å². The number of amides is 1. The zero-order chi connectivity index (χ0) is 18.0. The lowest BCUT2D eigenvalue weighted by atomic mass is 10.2. The third-order valence-corrected chi connectivity index (χ3v) is 5.62. The second-order valence-corrected chi connectivity index (χ2v) is 7.78. The average molecular weight is 366 g/mol. The number of hydrogen-bond donors (Lipinski definition) is 0. The van der Waals surface area contributed by atoms with E-state index in [0.717, 1.165) is 4.31 Å². The van der Waals surface area contributed by atoms with Gasteiger partial charge in [0, 0.05) is 32.7 Å². The Kier molecular flexibility index (Phi) is 4.84. The highest BCUT2D eigenvalue weighted by molar-refractivity contribution is 7.89. The van der Waals surface area contributed by atoms with Gasteiger partial charge >= 0.3 is 11.8 Å². The molecule has 0 spiro atoms. The Hall–Kier alpha value is -2.30. The third kappa shape index (κ3) is 3.55. The van der Waals surface area contributed by atoms with Gasteiger partial charge in [-0.05, 0) is 24.3 Å². The van der Waals surface area contributed by atoms with Gasteiger partial charge in [-0.1, -0.05) is 0 Å². The van der Waals surface area contributed by atoms with Crippen molar-refractivity contribution in [2.75, 3.05) is 40.4 Å². The van der Waals surface area contributed by atoms with Crippen molar-refractivity contribution in [3.05, 3.63) is 30.2 Å². The van der Waals surface area contributed by atoms with Crippen LogP contribution >= 0.6 is 0 Å². The number of morpholine rings is 1. The highest BCUT2D eigenvalue weighted by Crippen LogP contribution is 2.22. The van der Waals surface area contributed by atoms with Crippen LogP contribution in [-0.4, -0.2) is 74.1 Å². The van der Waals surface area contributed by atoms with Crippen molar-refractivity contribution in [2.45, 2.75) is 4.90 Å². The quantitative estimate of drug-likeness (QED) is 0.774. The predicted molar refractivity (Wildman–Crippen MR) is 87.3 cm³/mol. The zero-order valence-electron chi connectivity index (χ0n) is 13.9. The van der Waals surface area contributed by atoms with Gasteiger partial charge in [0.05, 0.1) is 18.1 Å². The molecule has 0 aliphatic carbocycles. The van der Waals surface area contributed by atoms with Crippen molar-refractivity contribution in [2.24, 2.45) is 0 Å². The Morgan fingerprint density at radius 3 is 2.36 bits per heavy atom. The van der Waals surface area contributed by atoms with E-state index in [2.05, 4.69) is 10.2 Å². The van der Waals surface area contributed by atoms with Gasteiger partial charge in [-0.3, -0.25) is 4.79 Å². The smallest absolute Gasteiger partial charge is 0.311 e. The monoisotopic (exact) mass is 366 g/mol. The van der Waals surface area contributed by atoms with E-state index in [0.29, 0.717) is 31.9 Å². The Balaban J connectivity index is 1.79. The minimum Gasteiger partial charge on any atom is -0.412 e. The number of carbonyl (C=O) groups excluding carboxylic acids is 1. The number of carbonyl (C=O) groups is 1. The van der Waals surface area contributed by atoms with Gasteiger partial charge in [0.25, 0.3) is 0 Å². The van der Waals surface area contributed by atoms with Crippen molar-refractivity contribution in [1.82, 2.24) is 19.4 Å². The molecule has 1 aromatic carbocycles. The van der Waals surface area contributed by atoms with E-state index in [-0.39, 0.29) is 22.6 Å². The highest BCUT2D eigenvalue weighted by Gasteiger charge is 2.24. The Morgan fingerprint density at radius 1 is 1.12 bits per heavy atom. The van der Waals surface area contributed by atoms with Crippen LogP contribution in [-0.2, 0) is 14.8 Å². The van der Waals surface area contributed by atoms with Crippen molar-refractivity contribution in [3.8, 4) is 11.5 Å². The normalized spacial score (nSPS) is 15.6.